The van der Waals surface area contributed by atoms with E-state index in [9.17, 15) is 8.78 Å². The van der Waals surface area contributed by atoms with Gasteiger partial charge in [0, 0.05) is 0 Å². The Morgan fingerprint density at radius 3 is 0.429 bits per heavy atom. The van der Waals surface area contributed by atoms with Gasteiger partial charge in [-0.3, -0.25) is 0 Å². The Morgan fingerprint density at radius 2 is 0.429 bits per heavy atom. The molecular weight excluding hydrogens is 350 g/mol. The van der Waals surface area contributed by atoms with Crippen molar-refractivity contribution in [3.05, 3.63) is 57.2 Å². The lowest BCUT2D eigenvalue weighted by Crippen LogP contribution is -1.66. The minimum absolute atomic E-state index is 0.0926. The van der Waals surface area contributed by atoms with Crippen LogP contribution in [0.2, 0.25) is 0 Å². The second-order valence-corrected chi connectivity index (χ2v) is 8.47. The second kappa shape index (κ2) is 23.6. The molecule has 168 valence electrons. The van der Waals surface area contributed by atoms with E-state index in [2.05, 4.69) is 89.7 Å². The van der Waals surface area contributed by atoms with Gasteiger partial charge in [0.1, 0.15) is 0 Å². The number of hydrogen-bond donors (Lipinski definition) is 0. The summed E-state index contributed by atoms with van der Waals surface area (Å²) in [6, 6.07) is 0. The molecule has 2 heteroatoms. The second-order valence-electron chi connectivity index (χ2n) is 8.47. The van der Waals surface area contributed by atoms with Gasteiger partial charge in [0.05, 0.1) is 0 Å². The molecule has 0 fully saturated rings. The predicted octanol–water partition coefficient (Wildman–Crippen LogP) is 10.8. The van der Waals surface area contributed by atoms with Crippen molar-refractivity contribution in [1.82, 2.24) is 0 Å². The molecule has 0 amide bonds. The first-order valence-corrected chi connectivity index (χ1v) is 9.73. The first-order chi connectivity index (χ1) is 12.3. The van der Waals surface area contributed by atoms with Crippen LogP contribution >= 0.6 is 0 Å². The zero-order valence-corrected chi connectivity index (χ0v) is 22.0. The van der Waals surface area contributed by atoms with E-state index in [1.165, 1.54) is 52.9 Å². The molecule has 0 heterocycles. The maximum Gasteiger partial charge on any atom is 0.268 e. The molecule has 0 aliphatic carbocycles. The van der Waals surface area contributed by atoms with Crippen molar-refractivity contribution < 1.29 is 8.78 Å². The maximum absolute atomic E-state index is 11.0. The summed E-state index contributed by atoms with van der Waals surface area (Å²) in [5.74, 6) is 0. The molecule has 0 rings (SSSR count). The van der Waals surface area contributed by atoms with E-state index < -0.39 is 6.08 Å². The molecule has 0 N–H and O–H groups in total. The van der Waals surface area contributed by atoms with Gasteiger partial charge >= 0.3 is 0 Å². The van der Waals surface area contributed by atoms with Gasteiger partial charge in [-0.05, 0) is 116 Å². The van der Waals surface area contributed by atoms with E-state index in [0.717, 1.165) is 0 Å². The minimum atomic E-state index is -1.57. The zero-order chi connectivity index (χ0) is 24.2. The molecule has 0 bridgehead atoms. The van der Waals surface area contributed by atoms with Crippen LogP contribution in [-0.4, -0.2) is 0 Å². The highest BCUT2D eigenvalue weighted by molar-refractivity contribution is 5.03. The van der Waals surface area contributed by atoms with E-state index in [1.54, 1.807) is 0 Å². The Labute approximate surface area is 177 Å². The average molecular weight is 401 g/mol. The Morgan fingerprint density at radius 1 is 0.357 bits per heavy atom. The highest BCUT2D eigenvalue weighted by Gasteiger charge is 1.86. The van der Waals surface area contributed by atoms with Crippen molar-refractivity contribution in [2.24, 2.45) is 0 Å². The van der Waals surface area contributed by atoms with Gasteiger partial charge in [-0.15, -0.1) is 6.58 Å². The van der Waals surface area contributed by atoms with Crippen LogP contribution in [0.5, 0.6) is 0 Å². The summed E-state index contributed by atoms with van der Waals surface area (Å²) in [5, 5.41) is 0. The Bertz CT molecular complexity index is 375. The van der Waals surface area contributed by atoms with Crippen molar-refractivity contribution in [3.8, 4) is 0 Å². The lowest BCUT2D eigenvalue weighted by atomic mass is 10.2. The molecule has 0 atom stereocenters. The third-order valence-corrected chi connectivity index (χ3v) is 3.38. The lowest BCUT2D eigenvalue weighted by molar-refractivity contribution is 0.412. The smallest absolute Gasteiger partial charge is 0.173 e. The Kier molecular flexibility index (Phi) is 31.5. The normalized spacial score (nSPS) is 7.79. The molecule has 0 aromatic heterocycles. The van der Waals surface area contributed by atoms with Crippen LogP contribution in [0.15, 0.2) is 57.2 Å². The van der Waals surface area contributed by atoms with Crippen molar-refractivity contribution in [3.63, 3.8) is 0 Å². The van der Waals surface area contributed by atoms with Crippen LogP contribution in [0.3, 0.4) is 0 Å². The fourth-order valence-corrected chi connectivity index (χ4v) is 0. The summed E-state index contributed by atoms with van der Waals surface area (Å²) >= 11 is 0. The maximum atomic E-state index is 11.0. The molecule has 0 radical (unpaired) electrons. The third-order valence-electron chi connectivity index (χ3n) is 3.38. The van der Waals surface area contributed by atoms with E-state index >= 15 is 0 Å². The van der Waals surface area contributed by atoms with E-state index in [1.807, 2.05) is 13.8 Å². The summed E-state index contributed by atoms with van der Waals surface area (Å²) in [4.78, 5) is 0. The fraction of sp³-hybridized carbons (Fsp3) is 0.615. The first-order valence-electron chi connectivity index (χ1n) is 9.73. The Hall–Kier alpha value is -1.44. The standard InChI is InChI=1S/3C6H12.C4H6F2.C4H8/c3*1-5(2)6(3)4;1-3(2)4(5)6;1-4(2)3/h3*1-4H3;1-2H3;1H2,2-3H3. The third kappa shape index (κ3) is 64.3. The largest absolute Gasteiger partial charge is 0.268 e. The van der Waals surface area contributed by atoms with E-state index in [0.29, 0.717) is 0 Å². The van der Waals surface area contributed by atoms with Gasteiger partial charge in [-0.25, -0.2) is 0 Å². The topological polar surface area (TPSA) is 0 Å². The highest BCUT2D eigenvalue weighted by Crippen LogP contribution is 2.03. The van der Waals surface area contributed by atoms with Crippen molar-refractivity contribution in [2.45, 2.75) is 111 Å². The van der Waals surface area contributed by atoms with Gasteiger partial charge in [0.2, 0.25) is 0 Å². The van der Waals surface area contributed by atoms with Crippen LogP contribution in [0.1, 0.15) is 111 Å². The van der Waals surface area contributed by atoms with Crippen LogP contribution in [-0.2, 0) is 0 Å². The summed E-state index contributed by atoms with van der Waals surface area (Å²) in [5.41, 5.74) is 9.81. The number of halogens is 2. The molecular formula is C26H50F2. The molecule has 0 aromatic rings. The SMILES string of the molecule is C=C(C)C.CC(C)=C(C)C.CC(C)=C(C)C.CC(C)=C(C)C.CC(C)=C(F)F. The average Bonchev–Trinajstić information content (AvgIpc) is 2.47. The molecule has 0 aliphatic rings. The molecule has 28 heavy (non-hydrogen) atoms. The van der Waals surface area contributed by atoms with Crippen LogP contribution in [0.4, 0.5) is 8.78 Å². The molecule has 0 aliphatic heterocycles. The van der Waals surface area contributed by atoms with E-state index in [-0.39, 0.29) is 5.57 Å². The predicted molar refractivity (Wildman–Crippen MR) is 130 cm³/mol. The summed E-state index contributed by atoms with van der Waals surface area (Å²) in [6.45, 7) is 35.7. The minimum Gasteiger partial charge on any atom is -0.173 e. The molecule has 0 spiro atoms. The number of hydrogen-bond acceptors (Lipinski definition) is 0. The highest BCUT2D eigenvalue weighted by atomic mass is 19.3. The molecule has 0 saturated heterocycles. The van der Waals surface area contributed by atoms with Crippen molar-refractivity contribution in [2.75, 3.05) is 0 Å². The molecule has 0 unspecified atom stereocenters. The quantitative estimate of drug-likeness (QED) is 0.355. The zero-order valence-electron chi connectivity index (χ0n) is 22.0. The fourth-order valence-electron chi connectivity index (χ4n) is 0. The molecule has 0 saturated carbocycles. The van der Waals surface area contributed by atoms with Crippen molar-refractivity contribution in [1.29, 1.82) is 0 Å². The van der Waals surface area contributed by atoms with Crippen molar-refractivity contribution >= 4 is 0 Å². The van der Waals surface area contributed by atoms with E-state index in [4.69, 9.17) is 0 Å². The first kappa shape index (κ1) is 37.3. The van der Waals surface area contributed by atoms with Gasteiger partial charge in [-0.1, -0.05) is 39.0 Å². The summed E-state index contributed by atoms with van der Waals surface area (Å²) in [7, 11) is 0. The number of rotatable bonds is 0. The molecule has 0 aromatic carbocycles. The van der Waals surface area contributed by atoms with Gasteiger partial charge in [-0.2, -0.15) is 8.78 Å². The molecule has 0 nitrogen and oxygen atoms in total. The summed E-state index contributed by atoms with van der Waals surface area (Å²) in [6.07, 6.45) is -1.57. The number of allylic oxidation sites excluding steroid dienone is 8. The Balaban J connectivity index is -0.0000000793. The van der Waals surface area contributed by atoms with Crippen LogP contribution in [0, 0.1) is 0 Å². The van der Waals surface area contributed by atoms with Crippen LogP contribution in [0.25, 0.3) is 0 Å². The summed E-state index contributed by atoms with van der Waals surface area (Å²) < 4.78 is 22.1. The van der Waals surface area contributed by atoms with Gasteiger partial charge < -0.3 is 0 Å². The monoisotopic (exact) mass is 400 g/mol. The lowest BCUT2D eigenvalue weighted by Gasteiger charge is -1.88. The van der Waals surface area contributed by atoms with Gasteiger partial charge in [0.25, 0.3) is 6.08 Å². The van der Waals surface area contributed by atoms with Gasteiger partial charge in [0.15, 0.2) is 0 Å². The van der Waals surface area contributed by atoms with Crippen LogP contribution < -0.4 is 0 Å².